The number of halogens is 1. The number of amides is 1. The van der Waals surface area contributed by atoms with Gasteiger partial charge in [0, 0.05) is 30.2 Å². The molecule has 2 N–H and O–H groups in total. The Hall–Kier alpha value is -1.26. The normalized spacial score (nSPS) is 15.2. The van der Waals surface area contributed by atoms with E-state index in [9.17, 15) is 4.79 Å². The maximum atomic E-state index is 11.7. The minimum Gasteiger partial charge on any atom is -0.496 e. The molecule has 1 fully saturated rings. The molecule has 0 unspecified atom stereocenters. The number of hydrogen-bond acceptors (Lipinski definition) is 3. The van der Waals surface area contributed by atoms with Crippen molar-refractivity contribution in [3.8, 4) is 5.75 Å². The third-order valence-electron chi connectivity index (χ3n) is 2.89. The average molecular weight is 255 g/mol. The lowest BCUT2D eigenvalue weighted by atomic mass is 10.0. The first kappa shape index (κ1) is 12.2. The van der Waals surface area contributed by atoms with Crippen molar-refractivity contribution in [1.82, 2.24) is 10.6 Å². The number of rotatable bonds is 4. The topological polar surface area (TPSA) is 50.4 Å². The molecule has 1 heterocycles. The molecule has 0 atom stereocenters. The highest BCUT2D eigenvalue weighted by Gasteiger charge is 2.24. The zero-order valence-electron chi connectivity index (χ0n) is 9.63. The number of carbonyl (C=O) groups is 1. The summed E-state index contributed by atoms with van der Waals surface area (Å²) in [5.74, 6) is 0.846. The van der Waals surface area contributed by atoms with Crippen molar-refractivity contribution < 1.29 is 9.53 Å². The van der Waals surface area contributed by atoms with Crippen molar-refractivity contribution in [2.75, 3.05) is 20.2 Å². The van der Waals surface area contributed by atoms with Gasteiger partial charge in [0.15, 0.2) is 0 Å². The van der Waals surface area contributed by atoms with Gasteiger partial charge in [0.2, 0.25) is 5.91 Å². The summed E-state index contributed by atoms with van der Waals surface area (Å²) >= 11 is 6.08. The third kappa shape index (κ3) is 2.70. The molecule has 0 aliphatic carbocycles. The Bertz CT molecular complexity index is 419. The van der Waals surface area contributed by atoms with Gasteiger partial charge in [0.25, 0.3) is 0 Å². The summed E-state index contributed by atoms with van der Waals surface area (Å²) in [4.78, 5) is 11.7. The quantitative estimate of drug-likeness (QED) is 0.849. The zero-order valence-corrected chi connectivity index (χ0v) is 10.4. The van der Waals surface area contributed by atoms with Gasteiger partial charge in [-0.2, -0.15) is 0 Å². The van der Waals surface area contributed by atoms with Crippen LogP contribution in [0.1, 0.15) is 5.56 Å². The monoisotopic (exact) mass is 254 g/mol. The number of benzene rings is 1. The maximum absolute atomic E-state index is 11.7. The molecule has 0 saturated carbocycles. The summed E-state index contributed by atoms with van der Waals surface area (Å²) in [7, 11) is 1.59. The Balaban J connectivity index is 2.00. The number of methoxy groups -OCH3 is 1. The van der Waals surface area contributed by atoms with Crippen LogP contribution in [-0.2, 0) is 11.3 Å². The largest absolute Gasteiger partial charge is 0.496 e. The molecule has 0 radical (unpaired) electrons. The van der Waals surface area contributed by atoms with Gasteiger partial charge in [-0.05, 0) is 12.1 Å². The van der Waals surface area contributed by atoms with Crippen LogP contribution < -0.4 is 15.4 Å². The predicted molar refractivity (Wildman–Crippen MR) is 66.2 cm³/mol. The van der Waals surface area contributed by atoms with Crippen LogP contribution in [0.5, 0.6) is 5.75 Å². The molecule has 1 aliphatic heterocycles. The smallest absolute Gasteiger partial charge is 0.225 e. The minimum absolute atomic E-state index is 0.0609. The fourth-order valence-electron chi connectivity index (χ4n) is 1.70. The lowest BCUT2D eigenvalue weighted by molar-refractivity contribution is -0.126. The van der Waals surface area contributed by atoms with E-state index in [1.54, 1.807) is 13.2 Å². The fraction of sp³-hybridized carbons (Fsp3) is 0.417. The Morgan fingerprint density at radius 2 is 2.35 bits per heavy atom. The van der Waals surface area contributed by atoms with E-state index < -0.39 is 0 Å². The van der Waals surface area contributed by atoms with Crippen molar-refractivity contribution in [3.05, 3.63) is 28.8 Å². The predicted octanol–water partition coefficient (Wildman–Crippen LogP) is 1.18. The molecule has 5 heteroatoms. The molecular weight excluding hydrogens is 240 g/mol. The van der Waals surface area contributed by atoms with E-state index in [1.807, 2.05) is 12.1 Å². The van der Waals surface area contributed by atoms with Gasteiger partial charge in [-0.15, -0.1) is 0 Å². The van der Waals surface area contributed by atoms with Crippen LogP contribution in [-0.4, -0.2) is 26.1 Å². The summed E-state index contributed by atoms with van der Waals surface area (Å²) < 4.78 is 5.21. The van der Waals surface area contributed by atoms with Gasteiger partial charge in [0.1, 0.15) is 5.75 Å². The van der Waals surface area contributed by atoms with Gasteiger partial charge >= 0.3 is 0 Å². The highest BCUT2D eigenvalue weighted by atomic mass is 35.5. The lowest BCUT2D eigenvalue weighted by Gasteiger charge is -2.26. The first-order valence-corrected chi connectivity index (χ1v) is 5.90. The first-order chi connectivity index (χ1) is 8.22. The van der Waals surface area contributed by atoms with Gasteiger partial charge < -0.3 is 15.4 Å². The van der Waals surface area contributed by atoms with Crippen molar-refractivity contribution >= 4 is 17.5 Å². The average Bonchev–Trinajstić information content (AvgIpc) is 2.24. The van der Waals surface area contributed by atoms with E-state index in [-0.39, 0.29) is 11.8 Å². The van der Waals surface area contributed by atoms with E-state index >= 15 is 0 Å². The highest BCUT2D eigenvalue weighted by molar-refractivity contribution is 6.31. The molecule has 1 aliphatic rings. The van der Waals surface area contributed by atoms with Crippen LogP contribution in [0.3, 0.4) is 0 Å². The van der Waals surface area contributed by atoms with Gasteiger partial charge in [-0.3, -0.25) is 4.79 Å². The Morgan fingerprint density at radius 1 is 1.59 bits per heavy atom. The molecule has 2 rings (SSSR count). The minimum atomic E-state index is 0.0609. The molecule has 1 amide bonds. The molecular formula is C12H15ClN2O2. The number of nitrogens with one attached hydrogen (secondary N) is 2. The van der Waals surface area contributed by atoms with Gasteiger partial charge in [0.05, 0.1) is 13.0 Å². The molecule has 0 aromatic heterocycles. The van der Waals surface area contributed by atoms with Gasteiger partial charge in [-0.1, -0.05) is 17.7 Å². The van der Waals surface area contributed by atoms with Crippen LogP contribution >= 0.6 is 11.6 Å². The summed E-state index contributed by atoms with van der Waals surface area (Å²) in [6, 6.07) is 5.44. The summed E-state index contributed by atoms with van der Waals surface area (Å²) in [6.45, 7) is 1.91. The lowest BCUT2D eigenvalue weighted by Crippen LogP contribution is -2.50. The first-order valence-electron chi connectivity index (χ1n) is 5.52. The third-order valence-corrected chi connectivity index (χ3v) is 3.24. The van der Waals surface area contributed by atoms with E-state index in [1.165, 1.54) is 0 Å². The standard InChI is InChI=1S/C12H15ClN2O2/c1-17-11-4-2-3-10(13)9(11)7-15-12(16)8-5-14-6-8/h2-4,8,14H,5-7H2,1H3,(H,15,16). The molecule has 1 aromatic carbocycles. The number of carbonyl (C=O) groups excluding carboxylic acids is 1. The molecule has 1 saturated heterocycles. The highest BCUT2D eigenvalue weighted by Crippen LogP contribution is 2.25. The van der Waals surface area contributed by atoms with E-state index in [2.05, 4.69) is 10.6 Å². The number of hydrogen-bond donors (Lipinski definition) is 2. The van der Waals surface area contributed by atoms with Crippen LogP contribution in [0.4, 0.5) is 0 Å². The fourth-order valence-corrected chi connectivity index (χ4v) is 1.93. The van der Waals surface area contributed by atoms with Crippen molar-refractivity contribution in [1.29, 1.82) is 0 Å². The Labute approximate surface area is 105 Å². The zero-order chi connectivity index (χ0) is 12.3. The van der Waals surface area contributed by atoms with E-state index in [4.69, 9.17) is 16.3 Å². The molecule has 4 nitrogen and oxygen atoms in total. The molecule has 17 heavy (non-hydrogen) atoms. The van der Waals surface area contributed by atoms with E-state index in [0.29, 0.717) is 17.3 Å². The van der Waals surface area contributed by atoms with Crippen LogP contribution in [0.15, 0.2) is 18.2 Å². The summed E-state index contributed by atoms with van der Waals surface area (Å²) in [6.07, 6.45) is 0. The van der Waals surface area contributed by atoms with Crippen molar-refractivity contribution in [2.24, 2.45) is 5.92 Å². The van der Waals surface area contributed by atoms with Crippen LogP contribution in [0.25, 0.3) is 0 Å². The van der Waals surface area contributed by atoms with Crippen molar-refractivity contribution in [2.45, 2.75) is 6.54 Å². The Kier molecular flexibility index (Phi) is 3.86. The second-order valence-corrected chi connectivity index (χ2v) is 4.40. The number of ether oxygens (including phenoxy) is 1. The molecule has 1 aromatic rings. The van der Waals surface area contributed by atoms with Crippen LogP contribution in [0.2, 0.25) is 5.02 Å². The molecule has 0 bridgehead atoms. The van der Waals surface area contributed by atoms with Crippen molar-refractivity contribution in [3.63, 3.8) is 0 Å². The van der Waals surface area contributed by atoms with Gasteiger partial charge in [-0.25, -0.2) is 0 Å². The van der Waals surface area contributed by atoms with Crippen LogP contribution in [0, 0.1) is 5.92 Å². The SMILES string of the molecule is COc1cccc(Cl)c1CNC(=O)C1CNC1. The summed E-state index contributed by atoms with van der Waals surface area (Å²) in [5, 5.41) is 6.54. The second-order valence-electron chi connectivity index (χ2n) is 3.99. The van der Waals surface area contributed by atoms with E-state index in [0.717, 1.165) is 18.7 Å². The summed E-state index contributed by atoms with van der Waals surface area (Å²) in [5.41, 5.74) is 0.817. The Morgan fingerprint density at radius 3 is 2.94 bits per heavy atom. The molecule has 0 spiro atoms. The molecule has 92 valence electrons. The maximum Gasteiger partial charge on any atom is 0.225 e. The second kappa shape index (κ2) is 5.38.